The number of benzene rings is 1. The Labute approximate surface area is 153 Å². The standard InChI is InChI=1S/C16H20BrFN4OS/c1-10(2)22-14(20-21-16(22)24)7-8-19-15(23)6-4-11-3-5-12(17)9-13(11)18/h3,5,9-10H,4,6-8H2,1-2H3,(H,19,23)(H,21,24). The van der Waals surface area contributed by atoms with Crippen molar-refractivity contribution in [3.05, 3.63) is 44.6 Å². The quantitative estimate of drug-likeness (QED) is 0.678. The first-order chi connectivity index (χ1) is 11.4. The van der Waals surface area contributed by atoms with Crippen LogP contribution >= 0.6 is 28.1 Å². The first-order valence-electron chi connectivity index (χ1n) is 7.75. The highest BCUT2D eigenvalue weighted by Crippen LogP contribution is 2.16. The molecule has 0 saturated heterocycles. The van der Waals surface area contributed by atoms with E-state index in [2.05, 4.69) is 31.4 Å². The van der Waals surface area contributed by atoms with Crippen LogP contribution in [0.3, 0.4) is 0 Å². The third-order valence-electron chi connectivity index (χ3n) is 3.60. The number of carbonyl (C=O) groups excluding carboxylic acids is 1. The van der Waals surface area contributed by atoms with Crippen molar-refractivity contribution in [2.45, 2.75) is 39.2 Å². The zero-order valence-corrected chi connectivity index (χ0v) is 16.0. The van der Waals surface area contributed by atoms with Gasteiger partial charge in [-0.3, -0.25) is 9.89 Å². The van der Waals surface area contributed by atoms with Crippen LogP contribution in [0, 0.1) is 10.6 Å². The lowest BCUT2D eigenvalue weighted by Crippen LogP contribution is -2.27. The molecule has 24 heavy (non-hydrogen) atoms. The maximum atomic E-state index is 13.7. The Hall–Kier alpha value is -1.54. The van der Waals surface area contributed by atoms with Gasteiger partial charge in [-0.05, 0) is 50.2 Å². The lowest BCUT2D eigenvalue weighted by Gasteiger charge is -2.10. The number of H-pyrrole nitrogens is 1. The highest BCUT2D eigenvalue weighted by molar-refractivity contribution is 9.10. The Morgan fingerprint density at radius 2 is 2.21 bits per heavy atom. The van der Waals surface area contributed by atoms with Crippen LogP contribution in [0.15, 0.2) is 22.7 Å². The van der Waals surface area contributed by atoms with Gasteiger partial charge in [-0.25, -0.2) is 4.39 Å². The van der Waals surface area contributed by atoms with Crippen molar-refractivity contribution in [2.24, 2.45) is 0 Å². The normalized spacial score (nSPS) is 11.0. The molecule has 1 aromatic carbocycles. The van der Waals surface area contributed by atoms with Gasteiger partial charge in [0.25, 0.3) is 0 Å². The Morgan fingerprint density at radius 1 is 1.46 bits per heavy atom. The summed E-state index contributed by atoms with van der Waals surface area (Å²) < 4.78 is 16.9. The topological polar surface area (TPSA) is 62.7 Å². The average molecular weight is 415 g/mol. The van der Waals surface area contributed by atoms with Gasteiger partial charge in [-0.1, -0.05) is 22.0 Å². The first-order valence-corrected chi connectivity index (χ1v) is 8.95. The van der Waals surface area contributed by atoms with Crippen molar-refractivity contribution < 1.29 is 9.18 Å². The zero-order chi connectivity index (χ0) is 17.7. The molecule has 8 heteroatoms. The van der Waals surface area contributed by atoms with E-state index >= 15 is 0 Å². The van der Waals surface area contributed by atoms with Crippen LogP contribution in [0.25, 0.3) is 0 Å². The number of aromatic nitrogens is 3. The summed E-state index contributed by atoms with van der Waals surface area (Å²) in [4.78, 5) is 11.9. The second-order valence-corrected chi connectivity index (χ2v) is 7.05. The molecule has 1 aromatic heterocycles. The Kier molecular flexibility index (Phi) is 6.68. The number of nitrogens with zero attached hydrogens (tertiary/aromatic N) is 2. The predicted octanol–water partition coefficient (Wildman–Crippen LogP) is 3.71. The van der Waals surface area contributed by atoms with Crippen molar-refractivity contribution >= 4 is 34.1 Å². The molecule has 0 fully saturated rings. The van der Waals surface area contributed by atoms with Crippen molar-refractivity contribution in [3.8, 4) is 0 Å². The molecule has 1 heterocycles. The molecule has 5 nitrogen and oxygen atoms in total. The zero-order valence-electron chi connectivity index (χ0n) is 13.6. The van der Waals surface area contributed by atoms with Gasteiger partial charge in [-0.2, -0.15) is 5.10 Å². The van der Waals surface area contributed by atoms with Crippen LogP contribution in [-0.2, 0) is 17.6 Å². The molecule has 0 unspecified atom stereocenters. The molecular weight excluding hydrogens is 395 g/mol. The lowest BCUT2D eigenvalue weighted by atomic mass is 10.1. The third kappa shape index (κ3) is 4.98. The van der Waals surface area contributed by atoms with Gasteiger partial charge in [0, 0.05) is 29.9 Å². The van der Waals surface area contributed by atoms with E-state index in [-0.39, 0.29) is 24.2 Å². The van der Waals surface area contributed by atoms with Gasteiger partial charge in [0.15, 0.2) is 4.77 Å². The fourth-order valence-electron chi connectivity index (χ4n) is 2.42. The fraction of sp³-hybridized carbons (Fsp3) is 0.438. The minimum Gasteiger partial charge on any atom is -0.356 e. The minimum atomic E-state index is -0.301. The van der Waals surface area contributed by atoms with E-state index in [1.165, 1.54) is 6.07 Å². The number of rotatable bonds is 7. The molecule has 0 aliphatic heterocycles. The third-order valence-corrected chi connectivity index (χ3v) is 4.38. The Bertz CT molecular complexity index is 772. The van der Waals surface area contributed by atoms with Crippen LogP contribution in [0.2, 0.25) is 0 Å². The smallest absolute Gasteiger partial charge is 0.220 e. The van der Waals surface area contributed by atoms with Crippen LogP contribution in [0.1, 0.15) is 37.7 Å². The van der Waals surface area contributed by atoms with Gasteiger partial charge in [-0.15, -0.1) is 0 Å². The molecule has 1 amide bonds. The highest BCUT2D eigenvalue weighted by Gasteiger charge is 2.10. The summed E-state index contributed by atoms with van der Waals surface area (Å²) in [5.74, 6) is 0.404. The summed E-state index contributed by atoms with van der Waals surface area (Å²) in [6, 6.07) is 5.07. The summed E-state index contributed by atoms with van der Waals surface area (Å²) in [7, 11) is 0. The Balaban J connectivity index is 1.81. The largest absolute Gasteiger partial charge is 0.356 e. The average Bonchev–Trinajstić information content (AvgIpc) is 2.87. The lowest BCUT2D eigenvalue weighted by molar-refractivity contribution is -0.121. The summed E-state index contributed by atoms with van der Waals surface area (Å²) in [5, 5.41) is 9.80. The first kappa shape index (κ1) is 18.8. The molecule has 0 saturated carbocycles. The molecule has 0 aliphatic carbocycles. The van der Waals surface area contributed by atoms with Gasteiger partial charge in [0.05, 0.1) is 0 Å². The van der Waals surface area contributed by atoms with E-state index in [9.17, 15) is 9.18 Å². The van der Waals surface area contributed by atoms with Crippen molar-refractivity contribution in [3.63, 3.8) is 0 Å². The summed E-state index contributed by atoms with van der Waals surface area (Å²) >= 11 is 8.40. The summed E-state index contributed by atoms with van der Waals surface area (Å²) in [6.07, 6.45) is 1.20. The number of hydrogen-bond acceptors (Lipinski definition) is 3. The fourth-order valence-corrected chi connectivity index (χ4v) is 3.12. The second kappa shape index (κ2) is 8.53. The van der Waals surface area contributed by atoms with E-state index in [1.807, 2.05) is 18.4 Å². The maximum absolute atomic E-state index is 13.7. The monoisotopic (exact) mass is 414 g/mol. The van der Waals surface area contributed by atoms with Crippen molar-refractivity contribution in [1.29, 1.82) is 0 Å². The number of hydrogen-bond donors (Lipinski definition) is 2. The van der Waals surface area contributed by atoms with E-state index in [4.69, 9.17) is 12.2 Å². The van der Waals surface area contributed by atoms with E-state index in [1.54, 1.807) is 12.1 Å². The number of nitrogens with one attached hydrogen (secondary N) is 2. The maximum Gasteiger partial charge on any atom is 0.220 e. The molecule has 0 radical (unpaired) electrons. The molecule has 130 valence electrons. The molecule has 2 N–H and O–H groups in total. The molecule has 0 bridgehead atoms. The second-order valence-electron chi connectivity index (χ2n) is 5.74. The van der Waals surface area contributed by atoms with Gasteiger partial charge in [0.1, 0.15) is 11.6 Å². The SMILES string of the molecule is CC(C)n1c(CCNC(=O)CCc2ccc(Br)cc2F)n[nH]c1=S. The highest BCUT2D eigenvalue weighted by atomic mass is 79.9. The van der Waals surface area contributed by atoms with Crippen LogP contribution < -0.4 is 5.32 Å². The van der Waals surface area contributed by atoms with Crippen LogP contribution in [0.4, 0.5) is 4.39 Å². The number of halogens is 2. The van der Waals surface area contributed by atoms with Gasteiger partial charge in [0.2, 0.25) is 5.91 Å². The van der Waals surface area contributed by atoms with E-state index < -0.39 is 0 Å². The van der Waals surface area contributed by atoms with Gasteiger partial charge >= 0.3 is 0 Å². The van der Waals surface area contributed by atoms with Gasteiger partial charge < -0.3 is 9.88 Å². The summed E-state index contributed by atoms with van der Waals surface area (Å²) in [6.45, 7) is 4.52. The van der Waals surface area contributed by atoms with E-state index in [0.29, 0.717) is 34.2 Å². The molecule has 2 aromatic rings. The number of aryl methyl sites for hydroxylation is 1. The molecule has 2 rings (SSSR count). The molecule has 0 spiro atoms. The predicted molar refractivity (Wildman–Crippen MR) is 96.9 cm³/mol. The van der Waals surface area contributed by atoms with Crippen molar-refractivity contribution in [1.82, 2.24) is 20.1 Å². The molecule has 0 atom stereocenters. The minimum absolute atomic E-state index is 0.109. The van der Waals surface area contributed by atoms with E-state index in [0.717, 1.165) is 5.82 Å². The van der Waals surface area contributed by atoms with Crippen LogP contribution in [-0.4, -0.2) is 27.2 Å². The molecule has 0 aliphatic rings. The summed E-state index contributed by atoms with van der Waals surface area (Å²) in [5.41, 5.74) is 0.536. The van der Waals surface area contributed by atoms with Crippen molar-refractivity contribution in [2.75, 3.05) is 6.54 Å². The van der Waals surface area contributed by atoms with Crippen LogP contribution in [0.5, 0.6) is 0 Å². The molecular formula is C16H20BrFN4OS. The Morgan fingerprint density at radius 3 is 2.88 bits per heavy atom. The number of carbonyl (C=O) groups is 1. The number of amides is 1. The number of aromatic amines is 1.